The van der Waals surface area contributed by atoms with Gasteiger partial charge in [0.15, 0.2) is 0 Å². The highest BCUT2D eigenvalue weighted by atomic mass is 16.5. The Morgan fingerprint density at radius 2 is 2.00 bits per heavy atom. The molecule has 4 heterocycles. The first-order valence-electron chi connectivity index (χ1n) is 10.8. The number of nitrogens with one attached hydrogen (secondary N) is 3. The number of piperidine rings is 1. The number of aromatic amines is 1. The van der Waals surface area contributed by atoms with Gasteiger partial charge in [0.25, 0.3) is 5.56 Å². The van der Waals surface area contributed by atoms with Crippen molar-refractivity contribution in [1.29, 1.82) is 0 Å². The highest BCUT2D eigenvalue weighted by molar-refractivity contribution is 5.95. The van der Waals surface area contributed by atoms with Crippen LogP contribution in [0.2, 0.25) is 0 Å². The van der Waals surface area contributed by atoms with Crippen LogP contribution in [0, 0.1) is 0 Å². The fourth-order valence-electron chi connectivity index (χ4n) is 4.23. The molecule has 1 fully saturated rings. The summed E-state index contributed by atoms with van der Waals surface area (Å²) in [5.41, 5.74) is 3.56. The maximum Gasteiger partial charge on any atom is 0.259 e. The molecular weight excluding hydrogens is 402 g/mol. The fourth-order valence-corrected chi connectivity index (χ4v) is 4.23. The lowest BCUT2D eigenvalue weighted by Crippen LogP contribution is -2.28. The summed E-state index contributed by atoms with van der Waals surface area (Å²) in [6.45, 7) is 2.12. The monoisotopic (exact) mass is 427 g/mol. The van der Waals surface area contributed by atoms with Crippen LogP contribution in [0.3, 0.4) is 0 Å². The second kappa shape index (κ2) is 8.80. The Morgan fingerprint density at radius 3 is 2.78 bits per heavy atom. The summed E-state index contributed by atoms with van der Waals surface area (Å²) in [7, 11) is 1.61. The number of anilines is 2. The molecule has 32 heavy (non-hydrogen) atoms. The second-order valence-corrected chi connectivity index (χ2v) is 8.03. The first kappa shape index (κ1) is 20.2. The molecule has 162 valence electrons. The molecule has 0 spiro atoms. The molecule has 0 amide bonds. The summed E-state index contributed by atoms with van der Waals surface area (Å²) in [5, 5.41) is 8.15. The van der Waals surface area contributed by atoms with Gasteiger partial charge in [-0.3, -0.25) is 9.78 Å². The quantitative estimate of drug-likeness (QED) is 0.442. The maximum absolute atomic E-state index is 12.6. The van der Waals surface area contributed by atoms with E-state index >= 15 is 0 Å². The summed E-state index contributed by atoms with van der Waals surface area (Å²) in [5.74, 6) is 1.70. The van der Waals surface area contributed by atoms with Crippen LogP contribution in [0.25, 0.3) is 22.0 Å². The van der Waals surface area contributed by atoms with Gasteiger partial charge in [-0.1, -0.05) is 12.1 Å². The number of hydrogen-bond donors (Lipinski definition) is 3. The van der Waals surface area contributed by atoms with Crippen molar-refractivity contribution in [3.05, 3.63) is 77.0 Å². The van der Waals surface area contributed by atoms with E-state index in [0.29, 0.717) is 28.6 Å². The van der Waals surface area contributed by atoms with Crippen molar-refractivity contribution >= 4 is 22.3 Å². The molecule has 3 aromatic heterocycles. The normalized spacial score (nSPS) is 16.1. The van der Waals surface area contributed by atoms with Gasteiger partial charge in [0.2, 0.25) is 0 Å². The van der Waals surface area contributed by atoms with Gasteiger partial charge in [0, 0.05) is 30.2 Å². The van der Waals surface area contributed by atoms with Crippen molar-refractivity contribution in [2.45, 2.75) is 18.8 Å². The van der Waals surface area contributed by atoms with Crippen molar-refractivity contribution in [3.63, 3.8) is 0 Å². The first-order chi connectivity index (χ1) is 15.7. The van der Waals surface area contributed by atoms with Gasteiger partial charge in [-0.2, -0.15) is 0 Å². The zero-order valence-corrected chi connectivity index (χ0v) is 17.9. The van der Waals surface area contributed by atoms with Gasteiger partial charge >= 0.3 is 0 Å². The minimum Gasteiger partial charge on any atom is -0.495 e. The maximum atomic E-state index is 12.6. The Morgan fingerprint density at radius 1 is 1.12 bits per heavy atom. The molecule has 0 bridgehead atoms. The van der Waals surface area contributed by atoms with E-state index in [9.17, 15) is 4.79 Å². The van der Waals surface area contributed by atoms with Crippen molar-refractivity contribution in [1.82, 2.24) is 20.3 Å². The number of pyridine rings is 3. The number of fused-ring (bicyclic) bond motifs is 1. The number of aromatic nitrogens is 3. The molecule has 7 nitrogen and oxygen atoms in total. The van der Waals surface area contributed by atoms with E-state index in [1.54, 1.807) is 25.7 Å². The number of H-pyrrole nitrogens is 1. The van der Waals surface area contributed by atoms with Gasteiger partial charge < -0.3 is 20.4 Å². The van der Waals surface area contributed by atoms with E-state index < -0.39 is 0 Å². The molecule has 1 atom stereocenters. The summed E-state index contributed by atoms with van der Waals surface area (Å²) >= 11 is 0. The standard InChI is InChI=1S/C25H25N5O2/c1-32-21-11-19(14-27-15-21)22-12-17-8-10-28-25(31)23(17)24(30-22)29-20-6-4-16(5-7-20)18-3-2-9-26-13-18/h4-8,10-12,14-15,18,26H,2-3,9,13H2,1H3,(H,28,31)(H,29,30). The van der Waals surface area contributed by atoms with Gasteiger partial charge in [-0.05, 0) is 66.6 Å². The minimum atomic E-state index is -0.183. The van der Waals surface area contributed by atoms with E-state index in [-0.39, 0.29) is 5.56 Å². The van der Waals surface area contributed by atoms with Crippen molar-refractivity contribution in [3.8, 4) is 17.0 Å². The summed E-state index contributed by atoms with van der Waals surface area (Å²) < 4.78 is 5.30. The van der Waals surface area contributed by atoms with Gasteiger partial charge in [0.05, 0.1) is 24.4 Å². The molecule has 7 heteroatoms. The van der Waals surface area contributed by atoms with Gasteiger partial charge in [-0.15, -0.1) is 0 Å². The SMILES string of the molecule is COc1cncc(-c2cc3cc[nH]c(=O)c3c(Nc3ccc(C4CCCNC4)cc3)n2)c1. The smallest absolute Gasteiger partial charge is 0.259 e. The molecule has 0 aliphatic carbocycles. The number of nitrogens with zero attached hydrogens (tertiary/aromatic N) is 2. The van der Waals surface area contributed by atoms with Crippen molar-refractivity contribution < 1.29 is 4.74 Å². The molecule has 0 saturated carbocycles. The zero-order valence-electron chi connectivity index (χ0n) is 17.9. The third kappa shape index (κ3) is 4.07. The summed E-state index contributed by atoms with van der Waals surface area (Å²) in [6.07, 6.45) is 7.45. The van der Waals surface area contributed by atoms with E-state index in [4.69, 9.17) is 9.72 Å². The van der Waals surface area contributed by atoms with Crippen LogP contribution in [0.1, 0.15) is 24.3 Å². The number of methoxy groups -OCH3 is 1. The minimum absolute atomic E-state index is 0.183. The predicted octanol–water partition coefficient (Wildman–Crippen LogP) is 4.20. The van der Waals surface area contributed by atoms with Crippen LogP contribution < -0.4 is 20.9 Å². The highest BCUT2D eigenvalue weighted by Gasteiger charge is 2.16. The number of rotatable bonds is 5. The first-order valence-corrected chi connectivity index (χ1v) is 10.8. The van der Waals surface area contributed by atoms with Crippen molar-refractivity contribution in [2.24, 2.45) is 0 Å². The second-order valence-electron chi connectivity index (χ2n) is 8.03. The zero-order chi connectivity index (χ0) is 21.9. The Labute approximate surface area is 185 Å². The Kier molecular flexibility index (Phi) is 5.56. The molecule has 3 N–H and O–H groups in total. The van der Waals surface area contributed by atoms with E-state index in [2.05, 4.69) is 32.7 Å². The third-order valence-corrected chi connectivity index (χ3v) is 5.94. The summed E-state index contributed by atoms with van der Waals surface area (Å²) in [4.78, 5) is 24.4. The molecule has 1 aliphatic heterocycles. The van der Waals surface area contributed by atoms with Crippen LogP contribution >= 0.6 is 0 Å². The lowest BCUT2D eigenvalue weighted by Gasteiger charge is -2.23. The highest BCUT2D eigenvalue weighted by Crippen LogP contribution is 2.30. The van der Waals surface area contributed by atoms with Crippen LogP contribution in [0.5, 0.6) is 5.75 Å². The van der Waals surface area contributed by atoms with E-state index in [1.807, 2.05) is 30.3 Å². The molecule has 1 aliphatic rings. The van der Waals surface area contributed by atoms with Crippen LogP contribution in [0.4, 0.5) is 11.5 Å². The number of ether oxygens (including phenoxy) is 1. The molecule has 1 saturated heterocycles. The molecule has 5 rings (SSSR count). The van der Waals surface area contributed by atoms with Crippen LogP contribution in [-0.2, 0) is 0 Å². The number of hydrogen-bond acceptors (Lipinski definition) is 6. The van der Waals surface area contributed by atoms with Gasteiger partial charge in [0.1, 0.15) is 11.6 Å². The third-order valence-electron chi connectivity index (χ3n) is 5.94. The summed E-state index contributed by atoms with van der Waals surface area (Å²) in [6, 6.07) is 14.1. The molecule has 0 radical (unpaired) electrons. The lowest BCUT2D eigenvalue weighted by atomic mass is 9.92. The molecule has 1 unspecified atom stereocenters. The average Bonchev–Trinajstić information content (AvgIpc) is 2.85. The topological polar surface area (TPSA) is 91.9 Å². The lowest BCUT2D eigenvalue weighted by molar-refractivity contribution is 0.413. The molecular formula is C25H25N5O2. The molecule has 4 aromatic rings. The van der Waals surface area contributed by atoms with E-state index in [1.165, 1.54) is 18.4 Å². The predicted molar refractivity (Wildman–Crippen MR) is 127 cm³/mol. The van der Waals surface area contributed by atoms with Crippen LogP contribution in [0.15, 0.2) is 65.8 Å². The fraction of sp³-hybridized carbons (Fsp3) is 0.240. The van der Waals surface area contributed by atoms with Gasteiger partial charge in [-0.25, -0.2) is 4.98 Å². The molecule has 1 aromatic carbocycles. The number of benzene rings is 1. The van der Waals surface area contributed by atoms with E-state index in [0.717, 1.165) is 29.7 Å². The Balaban J connectivity index is 1.53. The average molecular weight is 428 g/mol. The van der Waals surface area contributed by atoms with Crippen molar-refractivity contribution in [2.75, 3.05) is 25.5 Å². The Bertz CT molecular complexity index is 1290. The Hall–Kier alpha value is -3.71. The van der Waals surface area contributed by atoms with Crippen LogP contribution in [-0.4, -0.2) is 35.2 Å². The largest absolute Gasteiger partial charge is 0.495 e.